The molecule has 7 nitrogen and oxygen atoms in total. The number of nitrogen functional groups attached to an aromatic ring is 1. The molecule has 0 radical (unpaired) electrons. The van der Waals surface area contributed by atoms with E-state index in [9.17, 15) is 4.79 Å². The Morgan fingerprint density at radius 2 is 1.61 bits per heavy atom. The number of carbonyl (C=O) groups is 1. The van der Waals surface area contributed by atoms with Crippen LogP contribution < -0.4 is 11.1 Å². The zero-order valence-corrected chi connectivity index (χ0v) is 19.7. The molecule has 0 unspecified atom stereocenters. The van der Waals surface area contributed by atoms with Crippen LogP contribution in [0, 0.1) is 0 Å². The standard InChI is InChI=1S/C29H26N6O/c30-27-14-12-24(25-7-4-16-31-18-25)17-28(27)32-29(36)15-13-26-20-35(34-33-26)19-21-8-10-23(11-9-21)22-5-2-1-3-6-22/h1-12,14,16-18,20H,13,15,19,30H2,(H,32,36). The van der Waals surface area contributed by atoms with E-state index < -0.39 is 0 Å². The summed E-state index contributed by atoms with van der Waals surface area (Å²) in [4.78, 5) is 16.7. The van der Waals surface area contributed by atoms with E-state index >= 15 is 0 Å². The number of pyridine rings is 1. The van der Waals surface area contributed by atoms with Gasteiger partial charge < -0.3 is 11.1 Å². The lowest BCUT2D eigenvalue weighted by Gasteiger charge is -2.10. The Kier molecular flexibility index (Phi) is 6.80. The summed E-state index contributed by atoms with van der Waals surface area (Å²) in [6.45, 7) is 0.617. The SMILES string of the molecule is Nc1ccc(-c2cccnc2)cc1NC(=O)CCc1cn(Cc2ccc(-c3ccccc3)cc2)nn1. The summed E-state index contributed by atoms with van der Waals surface area (Å²) in [6.07, 6.45) is 6.15. The summed E-state index contributed by atoms with van der Waals surface area (Å²) in [5.41, 5.74) is 13.3. The maximum Gasteiger partial charge on any atom is 0.224 e. The van der Waals surface area contributed by atoms with Gasteiger partial charge in [-0.15, -0.1) is 5.10 Å². The molecule has 0 spiro atoms. The number of aryl methyl sites for hydroxylation is 1. The fourth-order valence-corrected chi connectivity index (χ4v) is 3.98. The lowest BCUT2D eigenvalue weighted by atomic mass is 10.0. The molecule has 2 aromatic heterocycles. The van der Waals surface area contributed by atoms with Gasteiger partial charge in [0.1, 0.15) is 0 Å². The minimum Gasteiger partial charge on any atom is -0.397 e. The first-order valence-corrected chi connectivity index (χ1v) is 11.8. The number of anilines is 2. The predicted octanol–water partition coefficient (Wildman–Crippen LogP) is 5.21. The summed E-state index contributed by atoms with van der Waals surface area (Å²) in [6, 6.07) is 28.1. The number of hydrogen-bond donors (Lipinski definition) is 2. The van der Waals surface area contributed by atoms with Gasteiger partial charge in [0.15, 0.2) is 0 Å². The quantitative estimate of drug-likeness (QED) is 0.301. The van der Waals surface area contributed by atoms with E-state index in [1.54, 1.807) is 23.1 Å². The van der Waals surface area contributed by atoms with Gasteiger partial charge in [0.25, 0.3) is 0 Å². The summed E-state index contributed by atoms with van der Waals surface area (Å²) >= 11 is 0. The van der Waals surface area contributed by atoms with E-state index in [4.69, 9.17) is 5.73 Å². The number of carbonyl (C=O) groups excluding carboxylic acids is 1. The van der Waals surface area contributed by atoms with Crippen LogP contribution in [-0.2, 0) is 17.8 Å². The van der Waals surface area contributed by atoms with Gasteiger partial charge in [0, 0.05) is 37.0 Å². The van der Waals surface area contributed by atoms with Crippen LogP contribution in [-0.4, -0.2) is 25.9 Å². The molecule has 0 aliphatic carbocycles. The van der Waals surface area contributed by atoms with Crippen molar-refractivity contribution in [1.29, 1.82) is 0 Å². The van der Waals surface area contributed by atoms with Gasteiger partial charge >= 0.3 is 0 Å². The molecule has 0 saturated carbocycles. The molecule has 3 N–H and O–H groups in total. The average molecular weight is 475 g/mol. The van der Waals surface area contributed by atoms with Gasteiger partial charge in [0.2, 0.25) is 5.91 Å². The molecule has 0 saturated heterocycles. The van der Waals surface area contributed by atoms with Crippen molar-refractivity contribution in [3.8, 4) is 22.3 Å². The zero-order valence-electron chi connectivity index (χ0n) is 19.7. The van der Waals surface area contributed by atoms with E-state index in [1.807, 2.05) is 48.7 Å². The molecule has 5 aromatic rings. The lowest BCUT2D eigenvalue weighted by molar-refractivity contribution is -0.116. The molecule has 0 aliphatic rings. The monoisotopic (exact) mass is 474 g/mol. The first-order chi connectivity index (χ1) is 17.6. The van der Waals surface area contributed by atoms with Gasteiger partial charge in [-0.1, -0.05) is 71.9 Å². The Hall–Kier alpha value is -4.78. The molecular formula is C29H26N6O. The number of nitrogens with one attached hydrogen (secondary N) is 1. The maximum atomic E-state index is 12.6. The predicted molar refractivity (Wildman–Crippen MR) is 142 cm³/mol. The fourth-order valence-electron chi connectivity index (χ4n) is 3.98. The fraction of sp³-hybridized carbons (Fsp3) is 0.103. The van der Waals surface area contributed by atoms with Gasteiger partial charge in [-0.05, 0) is 40.5 Å². The van der Waals surface area contributed by atoms with E-state index in [1.165, 1.54) is 11.1 Å². The second kappa shape index (κ2) is 10.7. The highest BCUT2D eigenvalue weighted by Gasteiger charge is 2.10. The van der Waals surface area contributed by atoms with Crippen molar-refractivity contribution in [2.75, 3.05) is 11.1 Å². The van der Waals surface area contributed by atoms with Crippen LogP contribution in [0.3, 0.4) is 0 Å². The molecule has 0 aliphatic heterocycles. The molecule has 0 fully saturated rings. The third-order valence-corrected chi connectivity index (χ3v) is 5.92. The highest BCUT2D eigenvalue weighted by molar-refractivity contribution is 5.95. The van der Waals surface area contributed by atoms with Gasteiger partial charge in [-0.25, -0.2) is 4.68 Å². The Morgan fingerprint density at radius 3 is 2.39 bits per heavy atom. The van der Waals surface area contributed by atoms with Crippen LogP contribution in [0.5, 0.6) is 0 Å². The van der Waals surface area contributed by atoms with Gasteiger partial charge in [0.05, 0.1) is 23.6 Å². The van der Waals surface area contributed by atoms with Crippen molar-refractivity contribution >= 4 is 17.3 Å². The second-order valence-electron chi connectivity index (χ2n) is 8.56. The average Bonchev–Trinajstić information content (AvgIpc) is 3.37. The number of hydrogen-bond acceptors (Lipinski definition) is 5. The van der Waals surface area contributed by atoms with E-state index in [-0.39, 0.29) is 12.3 Å². The molecule has 7 heteroatoms. The summed E-state index contributed by atoms with van der Waals surface area (Å²) < 4.78 is 1.79. The number of nitrogens with two attached hydrogens (primary N) is 1. The summed E-state index contributed by atoms with van der Waals surface area (Å²) in [5.74, 6) is -0.129. The van der Waals surface area contributed by atoms with Gasteiger partial charge in [-0.3, -0.25) is 9.78 Å². The molecule has 36 heavy (non-hydrogen) atoms. The summed E-state index contributed by atoms with van der Waals surface area (Å²) in [5, 5.41) is 11.4. The van der Waals surface area contributed by atoms with Crippen LogP contribution in [0.1, 0.15) is 17.7 Å². The van der Waals surface area contributed by atoms with Crippen LogP contribution in [0.15, 0.2) is 104 Å². The van der Waals surface area contributed by atoms with Crippen molar-refractivity contribution < 1.29 is 4.79 Å². The lowest BCUT2D eigenvalue weighted by Crippen LogP contribution is -2.13. The number of rotatable bonds is 8. The van der Waals surface area contributed by atoms with Crippen LogP contribution >= 0.6 is 0 Å². The van der Waals surface area contributed by atoms with Crippen LogP contribution in [0.25, 0.3) is 22.3 Å². The Bertz CT molecular complexity index is 1450. The van der Waals surface area contributed by atoms with Crippen molar-refractivity contribution in [3.05, 3.63) is 115 Å². The van der Waals surface area contributed by atoms with Crippen molar-refractivity contribution in [2.24, 2.45) is 0 Å². The molecule has 2 heterocycles. The van der Waals surface area contributed by atoms with Crippen LogP contribution in [0.4, 0.5) is 11.4 Å². The molecule has 1 amide bonds. The first kappa shape index (κ1) is 23.0. The van der Waals surface area contributed by atoms with E-state index in [0.29, 0.717) is 24.3 Å². The minimum absolute atomic E-state index is 0.129. The summed E-state index contributed by atoms with van der Waals surface area (Å²) in [7, 11) is 0. The van der Waals surface area contributed by atoms with Gasteiger partial charge in [-0.2, -0.15) is 0 Å². The highest BCUT2D eigenvalue weighted by Crippen LogP contribution is 2.27. The Labute approximate surface area is 209 Å². The number of amides is 1. The van der Waals surface area contributed by atoms with Crippen molar-refractivity contribution in [1.82, 2.24) is 20.0 Å². The molecule has 5 rings (SSSR count). The topological polar surface area (TPSA) is 98.7 Å². The highest BCUT2D eigenvalue weighted by atomic mass is 16.1. The van der Waals surface area contributed by atoms with Crippen LogP contribution in [0.2, 0.25) is 0 Å². The minimum atomic E-state index is -0.129. The third kappa shape index (κ3) is 5.64. The molecule has 3 aromatic carbocycles. The molecule has 0 atom stereocenters. The molecule has 0 bridgehead atoms. The maximum absolute atomic E-state index is 12.6. The molecule has 178 valence electrons. The largest absolute Gasteiger partial charge is 0.397 e. The second-order valence-corrected chi connectivity index (χ2v) is 8.56. The van der Waals surface area contributed by atoms with E-state index in [0.717, 1.165) is 22.4 Å². The Morgan fingerprint density at radius 1 is 0.861 bits per heavy atom. The zero-order chi connectivity index (χ0) is 24.7. The molecular weight excluding hydrogens is 448 g/mol. The number of nitrogens with zero attached hydrogens (tertiary/aromatic N) is 4. The third-order valence-electron chi connectivity index (χ3n) is 5.92. The normalized spacial score (nSPS) is 10.8. The van der Waals surface area contributed by atoms with Crippen molar-refractivity contribution in [2.45, 2.75) is 19.4 Å². The number of aromatic nitrogens is 4. The first-order valence-electron chi connectivity index (χ1n) is 11.8. The van der Waals surface area contributed by atoms with E-state index in [2.05, 4.69) is 57.0 Å². The van der Waals surface area contributed by atoms with Crippen molar-refractivity contribution in [3.63, 3.8) is 0 Å². The smallest absolute Gasteiger partial charge is 0.224 e. The number of benzene rings is 3. The Balaban J connectivity index is 1.16.